The first-order valence-corrected chi connectivity index (χ1v) is 8.67. The maximum absolute atomic E-state index is 12.7. The summed E-state index contributed by atoms with van der Waals surface area (Å²) >= 11 is 0. The lowest BCUT2D eigenvalue weighted by Gasteiger charge is -2.23. The van der Waals surface area contributed by atoms with Crippen LogP contribution in [0.5, 0.6) is 11.5 Å². The minimum atomic E-state index is -0.895. The lowest BCUT2D eigenvalue weighted by molar-refractivity contribution is -0.146. The van der Waals surface area contributed by atoms with Gasteiger partial charge in [-0.3, -0.25) is 9.59 Å². The van der Waals surface area contributed by atoms with Crippen molar-refractivity contribution in [2.45, 2.75) is 6.42 Å². The van der Waals surface area contributed by atoms with E-state index >= 15 is 0 Å². The van der Waals surface area contributed by atoms with E-state index < -0.39 is 17.8 Å². The molecule has 5 heteroatoms. The molecule has 5 nitrogen and oxygen atoms in total. The van der Waals surface area contributed by atoms with Gasteiger partial charge in [-0.1, -0.05) is 30.4 Å². The zero-order valence-electron chi connectivity index (χ0n) is 14.0. The summed E-state index contributed by atoms with van der Waals surface area (Å²) in [6.45, 7) is 0. The molecule has 2 bridgehead atoms. The molecule has 0 aromatic heterocycles. The molecule has 0 spiro atoms. The molecule has 0 heterocycles. The number of para-hydroxylation sites is 1. The lowest BCUT2D eigenvalue weighted by atomic mass is 9.82. The number of benzene rings is 2. The van der Waals surface area contributed by atoms with Gasteiger partial charge in [0.05, 0.1) is 11.8 Å². The Morgan fingerprint density at radius 3 is 2.15 bits per heavy atom. The number of carbonyl (C=O) groups excluding carboxylic acids is 1. The van der Waals surface area contributed by atoms with Gasteiger partial charge >= 0.3 is 5.97 Å². The minimum absolute atomic E-state index is 0.0155. The van der Waals surface area contributed by atoms with Gasteiger partial charge in [0.15, 0.2) is 0 Å². The van der Waals surface area contributed by atoms with E-state index in [-0.39, 0.29) is 17.7 Å². The monoisotopic (exact) mass is 349 g/mol. The fourth-order valence-electron chi connectivity index (χ4n) is 3.97. The summed E-state index contributed by atoms with van der Waals surface area (Å²) in [6.07, 6.45) is 4.66. The van der Waals surface area contributed by atoms with Gasteiger partial charge in [-0.15, -0.1) is 0 Å². The van der Waals surface area contributed by atoms with E-state index in [1.807, 2.05) is 42.5 Å². The number of aliphatic carboxylic acids is 1. The van der Waals surface area contributed by atoms with Crippen molar-refractivity contribution in [3.05, 3.63) is 66.7 Å². The molecule has 2 aliphatic rings. The number of rotatable bonds is 5. The topological polar surface area (TPSA) is 75.6 Å². The highest BCUT2D eigenvalue weighted by atomic mass is 16.5. The molecule has 0 aliphatic heterocycles. The molecule has 0 saturated heterocycles. The average molecular weight is 349 g/mol. The highest BCUT2D eigenvalue weighted by Crippen LogP contribution is 2.48. The lowest BCUT2D eigenvalue weighted by Crippen LogP contribution is -2.36. The van der Waals surface area contributed by atoms with Crippen LogP contribution in [-0.4, -0.2) is 17.0 Å². The van der Waals surface area contributed by atoms with Crippen molar-refractivity contribution in [2.75, 3.05) is 5.32 Å². The second-order valence-electron chi connectivity index (χ2n) is 6.77. The van der Waals surface area contributed by atoms with Crippen molar-refractivity contribution < 1.29 is 19.4 Å². The van der Waals surface area contributed by atoms with Crippen LogP contribution >= 0.6 is 0 Å². The van der Waals surface area contributed by atoms with Crippen molar-refractivity contribution in [1.82, 2.24) is 0 Å². The molecule has 1 fully saturated rings. The third-order valence-electron chi connectivity index (χ3n) is 5.15. The Bertz CT molecular complexity index is 844. The summed E-state index contributed by atoms with van der Waals surface area (Å²) in [7, 11) is 0. The molecule has 2 aromatic carbocycles. The molecule has 4 rings (SSSR count). The zero-order valence-corrected chi connectivity index (χ0v) is 14.0. The summed E-state index contributed by atoms with van der Waals surface area (Å²) in [5.74, 6) is -0.882. The van der Waals surface area contributed by atoms with E-state index in [1.54, 1.807) is 24.3 Å². The molecule has 2 N–H and O–H groups in total. The Hall–Kier alpha value is -3.08. The average Bonchev–Trinajstić information content (AvgIpc) is 3.25. The molecular weight excluding hydrogens is 330 g/mol. The van der Waals surface area contributed by atoms with E-state index in [0.717, 1.165) is 12.2 Å². The van der Waals surface area contributed by atoms with Crippen molar-refractivity contribution >= 4 is 17.6 Å². The summed E-state index contributed by atoms with van der Waals surface area (Å²) < 4.78 is 5.73. The Kier molecular flexibility index (Phi) is 4.21. The van der Waals surface area contributed by atoms with Gasteiger partial charge in [0.25, 0.3) is 0 Å². The molecule has 4 unspecified atom stereocenters. The van der Waals surface area contributed by atoms with E-state index in [4.69, 9.17) is 4.74 Å². The number of hydrogen-bond acceptors (Lipinski definition) is 3. The van der Waals surface area contributed by atoms with Gasteiger partial charge in [-0.25, -0.2) is 0 Å². The van der Waals surface area contributed by atoms with Crippen molar-refractivity contribution in [1.29, 1.82) is 0 Å². The molecule has 1 saturated carbocycles. The Balaban J connectivity index is 1.43. The summed E-state index contributed by atoms with van der Waals surface area (Å²) in [4.78, 5) is 24.2. The van der Waals surface area contributed by atoms with Crippen LogP contribution in [0, 0.1) is 23.7 Å². The van der Waals surface area contributed by atoms with Crippen LogP contribution in [-0.2, 0) is 9.59 Å². The zero-order chi connectivity index (χ0) is 18.1. The third kappa shape index (κ3) is 3.08. The molecule has 26 heavy (non-hydrogen) atoms. The smallest absolute Gasteiger partial charge is 0.307 e. The largest absolute Gasteiger partial charge is 0.481 e. The first-order chi connectivity index (χ1) is 12.6. The fraction of sp³-hybridized carbons (Fsp3) is 0.238. The predicted molar refractivity (Wildman–Crippen MR) is 96.9 cm³/mol. The van der Waals surface area contributed by atoms with Crippen molar-refractivity contribution in [2.24, 2.45) is 23.7 Å². The van der Waals surface area contributed by atoms with E-state index in [0.29, 0.717) is 11.4 Å². The number of carbonyl (C=O) groups is 2. The van der Waals surface area contributed by atoms with Crippen LogP contribution in [0.15, 0.2) is 66.7 Å². The van der Waals surface area contributed by atoms with Crippen molar-refractivity contribution in [3.8, 4) is 11.5 Å². The second-order valence-corrected chi connectivity index (χ2v) is 6.77. The molecule has 4 atom stereocenters. The van der Waals surface area contributed by atoms with E-state index in [2.05, 4.69) is 5.32 Å². The van der Waals surface area contributed by atoms with E-state index in [1.165, 1.54) is 0 Å². The number of anilines is 1. The van der Waals surface area contributed by atoms with Gasteiger partial charge in [0, 0.05) is 5.69 Å². The maximum atomic E-state index is 12.7. The first-order valence-electron chi connectivity index (χ1n) is 8.67. The van der Waals surface area contributed by atoms with Crippen molar-refractivity contribution in [3.63, 3.8) is 0 Å². The summed E-state index contributed by atoms with van der Waals surface area (Å²) in [5.41, 5.74) is 0.631. The van der Waals surface area contributed by atoms with Gasteiger partial charge < -0.3 is 15.2 Å². The number of carboxylic acid groups (broad SMARTS) is 1. The number of allylic oxidation sites excluding steroid dienone is 2. The molecule has 0 radical (unpaired) electrons. The molecule has 1 amide bonds. The summed E-state index contributed by atoms with van der Waals surface area (Å²) in [6, 6.07) is 16.5. The van der Waals surface area contributed by atoms with Gasteiger partial charge in [-0.05, 0) is 54.7 Å². The number of fused-ring (bicyclic) bond motifs is 2. The number of nitrogens with one attached hydrogen (secondary N) is 1. The summed E-state index contributed by atoms with van der Waals surface area (Å²) in [5, 5.41) is 12.3. The van der Waals surface area contributed by atoms with Gasteiger partial charge in [0.2, 0.25) is 5.91 Å². The minimum Gasteiger partial charge on any atom is -0.481 e. The molecule has 2 aromatic rings. The predicted octanol–water partition coefficient (Wildman–Crippen LogP) is 3.94. The molecule has 2 aliphatic carbocycles. The molecular formula is C21H19NO4. The van der Waals surface area contributed by atoms with E-state index in [9.17, 15) is 14.7 Å². The third-order valence-corrected chi connectivity index (χ3v) is 5.15. The Morgan fingerprint density at radius 2 is 1.50 bits per heavy atom. The van der Waals surface area contributed by atoms with Crippen LogP contribution in [0.2, 0.25) is 0 Å². The Labute approximate surface area is 151 Å². The standard InChI is InChI=1S/C21H19NO4/c23-20(18-13-6-7-14(12-13)19(18)21(24)25)22-15-8-10-17(11-9-15)26-16-4-2-1-3-5-16/h1-11,13-14,18-19H,12H2,(H,22,23)(H,24,25). The highest BCUT2D eigenvalue weighted by molar-refractivity contribution is 5.96. The van der Waals surface area contributed by atoms with Crippen LogP contribution in [0.25, 0.3) is 0 Å². The quantitative estimate of drug-likeness (QED) is 0.802. The Morgan fingerprint density at radius 1 is 0.885 bits per heavy atom. The SMILES string of the molecule is O=C(O)C1C2C=CC(C2)C1C(=O)Nc1ccc(Oc2ccccc2)cc1. The fourth-order valence-corrected chi connectivity index (χ4v) is 3.97. The molecule has 132 valence electrons. The number of carboxylic acids is 1. The second kappa shape index (κ2) is 6.67. The van der Waals surface area contributed by atoms with Crippen LogP contribution in [0.1, 0.15) is 6.42 Å². The first kappa shape index (κ1) is 16.4. The van der Waals surface area contributed by atoms with Crippen LogP contribution in [0.3, 0.4) is 0 Å². The number of amides is 1. The van der Waals surface area contributed by atoms with Crippen LogP contribution < -0.4 is 10.1 Å². The van der Waals surface area contributed by atoms with Gasteiger partial charge in [0.1, 0.15) is 11.5 Å². The van der Waals surface area contributed by atoms with Crippen LogP contribution in [0.4, 0.5) is 5.69 Å². The number of ether oxygens (including phenoxy) is 1. The maximum Gasteiger partial charge on any atom is 0.307 e. The number of hydrogen-bond donors (Lipinski definition) is 2. The van der Waals surface area contributed by atoms with Gasteiger partial charge in [-0.2, -0.15) is 0 Å². The highest BCUT2D eigenvalue weighted by Gasteiger charge is 2.51. The normalized spacial score (nSPS) is 25.8.